The summed E-state index contributed by atoms with van der Waals surface area (Å²) >= 11 is 7.47. The Morgan fingerprint density at radius 2 is 2.19 bits per heavy atom. The van der Waals surface area contributed by atoms with E-state index in [4.69, 9.17) is 11.6 Å². The molecule has 0 aliphatic heterocycles. The number of aromatic nitrogens is 6. The van der Waals surface area contributed by atoms with Crippen LogP contribution in [0.2, 0.25) is 5.15 Å². The van der Waals surface area contributed by atoms with E-state index in [1.165, 1.54) is 17.8 Å². The second-order valence-corrected chi connectivity index (χ2v) is 5.74. The third kappa shape index (κ3) is 2.91. The molecule has 0 amide bonds. The van der Waals surface area contributed by atoms with Crippen LogP contribution in [0.4, 0.5) is 0 Å². The summed E-state index contributed by atoms with van der Waals surface area (Å²) in [5, 5.41) is 5.72. The minimum absolute atomic E-state index is 0.175. The van der Waals surface area contributed by atoms with Gasteiger partial charge in [0.2, 0.25) is 0 Å². The van der Waals surface area contributed by atoms with E-state index in [9.17, 15) is 4.79 Å². The Labute approximate surface area is 128 Å². The van der Waals surface area contributed by atoms with Crippen LogP contribution in [0.25, 0.3) is 11.0 Å². The monoisotopic (exact) mass is 322 g/mol. The van der Waals surface area contributed by atoms with Crippen molar-refractivity contribution in [2.45, 2.75) is 17.8 Å². The summed E-state index contributed by atoms with van der Waals surface area (Å²) in [6, 6.07) is 1.44. The first kappa shape index (κ1) is 14.0. The average Bonchev–Trinajstić information content (AvgIpc) is 2.78. The zero-order valence-electron chi connectivity index (χ0n) is 11.3. The van der Waals surface area contributed by atoms with Crippen LogP contribution in [0, 0.1) is 6.92 Å². The second-order valence-electron chi connectivity index (χ2n) is 4.42. The second kappa shape index (κ2) is 5.45. The highest BCUT2D eigenvalue weighted by molar-refractivity contribution is 7.98. The molecular weight excluding hydrogens is 312 g/mol. The maximum Gasteiger partial charge on any atom is 0.251 e. The van der Waals surface area contributed by atoms with E-state index >= 15 is 0 Å². The summed E-state index contributed by atoms with van der Waals surface area (Å²) in [5.41, 5.74) is 1.17. The Bertz CT molecular complexity index is 874. The van der Waals surface area contributed by atoms with Crippen molar-refractivity contribution >= 4 is 34.4 Å². The van der Waals surface area contributed by atoms with Crippen molar-refractivity contribution in [3.8, 4) is 0 Å². The predicted octanol–water partition coefficient (Wildman–Crippen LogP) is 1.70. The number of H-pyrrole nitrogens is 1. The van der Waals surface area contributed by atoms with Gasteiger partial charge < -0.3 is 4.98 Å². The smallest absolute Gasteiger partial charge is 0.251 e. The molecule has 7 nitrogen and oxygen atoms in total. The molecule has 0 atom stereocenters. The van der Waals surface area contributed by atoms with Crippen LogP contribution in [0.15, 0.2) is 22.2 Å². The number of halogens is 1. The molecule has 0 bridgehead atoms. The third-order valence-corrected chi connectivity index (χ3v) is 3.94. The molecule has 3 rings (SSSR count). The maximum atomic E-state index is 11.4. The minimum Gasteiger partial charge on any atom is -0.301 e. The molecule has 21 heavy (non-hydrogen) atoms. The maximum absolute atomic E-state index is 11.4. The predicted molar refractivity (Wildman–Crippen MR) is 80.5 cm³/mol. The molecule has 0 aliphatic rings. The van der Waals surface area contributed by atoms with Crippen molar-refractivity contribution in [2.24, 2.45) is 7.05 Å². The van der Waals surface area contributed by atoms with E-state index < -0.39 is 0 Å². The Balaban J connectivity index is 1.88. The highest BCUT2D eigenvalue weighted by atomic mass is 35.5. The fraction of sp³-hybridized carbons (Fsp3) is 0.250. The summed E-state index contributed by atoms with van der Waals surface area (Å²) in [7, 11) is 1.79. The van der Waals surface area contributed by atoms with Crippen molar-refractivity contribution in [3.05, 3.63) is 39.3 Å². The van der Waals surface area contributed by atoms with Crippen molar-refractivity contribution in [1.29, 1.82) is 0 Å². The molecule has 3 aromatic rings. The van der Waals surface area contributed by atoms with Gasteiger partial charge in [0.25, 0.3) is 5.56 Å². The van der Waals surface area contributed by atoms with E-state index in [-0.39, 0.29) is 5.56 Å². The van der Waals surface area contributed by atoms with Crippen LogP contribution in [-0.2, 0) is 12.8 Å². The number of hydrogen-bond donors (Lipinski definition) is 1. The number of rotatable bonds is 3. The molecule has 1 N–H and O–H groups in total. The highest BCUT2D eigenvalue weighted by Gasteiger charge is 2.10. The molecule has 108 valence electrons. The van der Waals surface area contributed by atoms with Gasteiger partial charge >= 0.3 is 0 Å². The minimum atomic E-state index is -0.175. The first-order valence-corrected chi connectivity index (χ1v) is 7.44. The molecule has 0 aliphatic carbocycles. The third-order valence-electron chi connectivity index (χ3n) is 2.78. The Morgan fingerprint density at radius 3 is 2.95 bits per heavy atom. The molecule has 3 heterocycles. The molecule has 9 heteroatoms. The first-order chi connectivity index (χ1) is 10.0. The van der Waals surface area contributed by atoms with Crippen LogP contribution in [-0.4, -0.2) is 29.7 Å². The van der Waals surface area contributed by atoms with Crippen molar-refractivity contribution < 1.29 is 0 Å². The highest BCUT2D eigenvalue weighted by Crippen LogP contribution is 2.22. The number of hydrogen-bond acceptors (Lipinski definition) is 6. The molecule has 0 unspecified atom stereocenters. The summed E-state index contributed by atoms with van der Waals surface area (Å²) < 4.78 is 1.64. The van der Waals surface area contributed by atoms with Crippen molar-refractivity contribution in [2.75, 3.05) is 0 Å². The van der Waals surface area contributed by atoms with Crippen LogP contribution in [0.3, 0.4) is 0 Å². The van der Waals surface area contributed by atoms with Gasteiger partial charge in [-0.3, -0.25) is 9.48 Å². The lowest BCUT2D eigenvalue weighted by molar-refractivity contribution is 0.782. The lowest BCUT2D eigenvalue weighted by Gasteiger charge is -2.03. The van der Waals surface area contributed by atoms with Gasteiger partial charge in [-0.15, -0.1) is 0 Å². The largest absolute Gasteiger partial charge is 0.301 e. The van der Waals surface area contributed by atoms with Gasteiger partial charge in [-0.2, -0.15) is 5.10 Å². The molecule has 0 saturated carbocycles. The standard InChI is InChI=1S/C12H11ClN6OS/c1-6-3-9(20)18-12(15-6)21-5-8-16-10(13)7-4-14-19(2)11(7)17-8/h3-4H,5H2,1-2H3,(H,15,18,20). The van der Waals surface area contributed by atoms with Gasteiger partial charge in [0, 0.05) is 18.8 Å². The number of fused-ring (bicyclic) bond motifs is 1. The molecule has 3 aromatic heterocycles. The SMILES string of the molecule is Cc1cc(=O)[nH]c(SCc2nc(Cl)c3cnn(C)c3n2)n1. The molecule has 0 spiro atoms. The zero-order chi connectivity index (χ0) is 15.0. The van der Waals surface area contributed by atoms with Crippen molar-refractivity contribution in [1.82, 2.24) is 29.7 Å². The van der Waals surface area contributed by atoms with Gasteiger partial charge in [-0.1, -0.05) is 23.4 Å². The van der Waals surface area contributed by atoms with Gasteiger partial charge in [0.15, 0.2) is 10.8 Å². The number of aromatic amines is 1. The number of thioether (sulfide) groups is 1. The van der Waals surface area contributed by atoms with E-state index in [0.29, 0.717) is 33.2 Å². The van der Waals surface area contributed by atoms with E-state index in [2.05, 4.69) is 25.0 Å². The molecule has 0 aromatic carbocycles. The van der Waals surface area contributed by atoms with Crippen LogP contribution in [0.1, 0.15) is 11.5 Å². The van der Waals surface area contributed by atoms with Gasteiger partial charge in [0.05, 0.1) is 17.3 Å². The molecule has 0 fully saturated rings. The first-order valence-electron chi connectivity index (χ1n) is 6.08. The van der Waals surface area contributed by atoms with E-state index in [1.807, 2.05) is 0 Å². The van der Waals surface area contributed by atoms with Crippen LogP contribution in [0.5, 0.6) is 0 Å². The van der Waals surface area contributed by atoms with Crippen molar-refractivity contribution in [3.63, 3.8) is 0 Å². The normalized spacial score (nSPS) is 11.2. The zero-order valence-corrected chi connectivity index (χ0v) is 12.9. The molecular formula is C12H11ClN6OS. The van der Waals surface area contributed by atoms with Crippen LogP contribution >= 0.6 is 23.4 Å². The fourth-order valence-electron chi connectivity index (χ4n) is 1.85. The molecule has 0 radical (unpaired) electrons. The topological polar surface area (TPSA) is 89.4 Å². The Kier molecular flexibility index (Phi) is 3.64. The van der Waals surface area contributed by atoms with Gasteiger partial charge in [-0.05, 0) is 6.92 Å². The lowest BCUT2D eigenvalue weighted by atomic mass is 10.4. The average molecular weight is 323 g/mol. The van der Waals surface area contributed by atoms with E-state index in [0.717, 1.165) is 5.39 Å². The summed E-state index contributed by atoms with van der Waals surface area (Å²) in [6.07, 6.45) is 1.63. The molecule has 0 saturated heterocycles. The van der Waals surface area contributed by atoms with Gasteiger partial charge in [-0.25, -0.2) is 15.0 Å². The number of nitrogens with zero attached hydrogens (tertiary/aromatic N) is 5. The number of nitrogens with one attached hydrogen (secondary N) is 1. The Hall–Kier alpha value is -1.93. The number of aryl methyl sites for hydroxylation is 2. The Morgan fingerprint density at radius 1 is 1.38 bits per heavy atom. The van der Waals surface area contributed by atoms with Gasteiger partial charge in [0.1, 0.15) is 11.0 Å². The summed E-state index contributed by atoms with van der Waals surface area (Å²) in [5.74, 6) is 1.01. The van der Waals surface area contributed by atoms with E-state index in [1.54, 1.807) is 24.9 Å². The van der Waals surface area contributed by atoms with Crippen LogP contribution < -0.4 is 5.56 Å². The fourth-order valence-corrected chi connectivity index (χ4v) is 2.85. The quantitative estimate of drug-likeness (QED) is 0.448. The summed E-state index contributed by atoms with van der Waals surface area (Å²) in [6.45, 7) is 1.77. The summed E-state index contributed by atoms with van der Waals surface area (Å²) in [4.78, 5) is 27.0. The lowest BCUT2D eigenvalue weighted by Crippen LogP contribution is -2.08.